The minimum atomic E-state index is -3.40. The van der Waals surface area contributed by atoms with E-state index in [2.05, 4.69) is 15.5 Å². The van der Waals surface area contributed by atoms with E-state index in [0.29, 0.717) is 12.3 Å². The van der Waals surface area contributed by atoms with Gasteiger partial charge in [0.05, 0.1) is 24.2 Å². The van der Waals surface area contributed by atoms with Crippen molar-refractivity contribution in [1.82, 2.24) is 10.2 Å². The first kappa shape index (κ1) is 20.5. The van der Waals surface area contributed by atoms with Crippen LogP contribution in [-0.4, -0.2) is 37.4 Å². The predicted octanol–water partition coefficient (Wildman–Crippen LogP) is 2.86. The Kier molecular flexibility index (Phi) is 6.61. The molecular formula is C20H21N3O5S. The lowest BCUT2D eigenvalue weighted by Crippen LogP contribution is -2.14. The summed E-state index contributed by atoms with van der Waals surface area (Å²) in [6.45, 7) is 0. The van der Waals surface area contributed by atoms with Crippen molar-refractivity contribution in [2.45, 2.75) is 24.2 Å². The van der Waals surface area contributed by atoms with Gasteiger partial charge < -0.3 is 9.15 Å². The third kappa shape index (κ3) is 5.89. The largest absolute Gasteiger partial charge is 0.497 e. The topological polar surface area (TPSA) is 111 Å². The van der Waals surface area contributed by atoms with Crippen LogP contribution in [0.3, 0.4) is 0 Å². The zero-order valence-corrected chi connectivity index (χ0v) is 16.7. The summed E-state index contributed by atoms with van der Waals surface area (Å²) < 4.78 is 35.0. The highest BCUT2D eigenvalue weighted by atomic mass is 32.2. The summed E-state index contributed by atoms with van der Waals surface area (Å²) in [5, 5.41) is 10.2. The van der Waals surface area contributed by atoms with E-state index in [1.165, 1.54) is 12.1 Å². The van der Waals surface area contributed by atoms with Crippen molar-refractivity contribution in [3.05, 3.63) is 66.1 Å². The number of carbonyl (C=O) groups is 1. The minimum Gasteiger partial charge on any atom is -0.497 e. The third-order valence-corrected chi connectivity index (χ3v) is 5.96. The van der Waals surface area contributed by atoms with Crippen molar-refractivity contribution in [2.75, 3.05) is 18.2 Å². The number of anilines is 1. The summed E-state index contributed by atoms with van der Waals surface area (Å²) in [6, 6.07) is 15.6. The standard InChI is InChI=1S/C20H21N3O5S/c1-27-16-11-9-15(10-12-16)14-19-22-23-20(28-19)21-18(24)8-5-13-29(25,26)17-6-3-2-4-7-17/h2-4,6-7,9-12H,5,8,13-14H2,1H3,(H,21,23,24). The normalized spacial score (nSPS) is 11.2. The van der Waals surface area contributed by atoms with Gasteiger partial charge in [-0.3, -0.25) is 10.1 Å². The van der Waals surface area contributed by atoms with Gasteiger partial charge in [-0.25, -0.2) is 8.42 Å². The lowest BCUT2D eigenvalue weighted by molar-refractivity contribution is -0.116. The van der Waals surface area contributed by atoms with Crippen molar-refractivity contribution in [2.24, 2.45) is 0 Å². The van der Waals surface area contributed by atoms with Crippen LogP contribution in [0.4, 0.5) is 6.01 Å². The number of ether oxygens (including phenoxy) is 1. The second kappa shape index (κ2) is 9.33. The Hall–Kier alpha value is -3.20. The third-order valence-electron chi connectivity index (χ3n) is 4.15. The number of hydrogen-bond donors (Lipinski definition) is 1. The Labute approximate surface area is 168 Å². The van der Waals surface area contributed by atoms with Crippen LogP contribution >= 0.6 is 0 Å². The van der Waals surface area contributed by atoms with Gasteiger partial charge in [-0.1, -0.05) is 35.4 Å². The molecule has 3 rings (SSSR count). The first-order valence-corrected chi connectivity index (χ1v) is 10.6. The van der Waals surface area contributed by atoms with Crippen LogP contribution in [0, 0.1) is 0 Å². The fourth-order valence-corrected chi connectivity index (χ4v) is 3.98. The number of aromatic nitrogens is 2. The molecule has 0 aliphatic heterocycles. The maximum absolute atomic E-state index is 12.2. The predicted molar refractivity (Wildman–Crippen MR) is 106 cm³/mol. The van der Waals surface area contributed by atoms with E-state index in [-0.39, 0.29) is 35.4 Å². The summed E-state index contributed by atoms with van der Waals surface area (Å²) >= 11 is 0. The number of hydrogen-bond acceptors (Lipinski definition) is 7. The van der Waals surface area contributed by atoms with E-state index in [0.717, 1.165) is 11.3 Å². The molecule has 1 amide bonds. The average Bonchev–Trinajstić information content (AvgIpc) is 3.15. The number of sulfone groups is 1. The molecule has 0 spiro atoms. The van der Waals surface area contributed by atoms with Gasteiger partial charge in [-0.2, -0.15) is 0 Å². The van der Waals surface area contributed by atoms with E-state index in [1.807, 2.05) is 24.3 Å². The summed E-state index contributed by atoms with van der Waals surface area (Å²) in [5.41, 5.74) is 0.957. The lowest BCUT2D eigenvalue weighted by atomic mass is 10.1. The summed E-state index contributed by atoms with van der Waals surface area (Å²) in [6.07, 6.45) is 0.639. The molecule has 2 aromatic carbocycles. The molecule has 3 aromatic rings. The van der Waals surface area contributed by atoms with E-state index >= 15 is 0 Å². The summed E-state index contributed by atoms with van der Waals surface area (Å²) in [4.78, 5) is 12.3. The molecule has 0 atom stereocenters. The van der Waals surface area contributed by atoms with E-state index in [1.54, 1.807) is 25.3 Å². The molecular weight excluding hydrogens is 394 g/mol. The number of nitrogens with zero attached hydrogens (tertiary/aromatic N) is 2. The average molecular weight is 415 g/mol. The van der Waals surface area contributed by atoms with Crippen LogP contribution in [0.25, 0.3) is 0 Å². The quantitative estimate of drug-likeness (QED) is 0.572. The molecule has 0 aliphatic carbocycles. The Bertz CT molecular complexity index is 1050. The van der Waals surface area contributed by atoms with E-state index in [9.17, 15) is 13.2 Å². The molecule has 29 heavy (non-hydrogen) atoms. The zero-order chi connectivity index (χ0) is 20.7. The molecule has 1 aromatic heterocycles. The number of amides is 1. The molecule has 0 radical (unpaired) electrons. The number of nitrogens with one attached hydrogen (secondary N) is 1. The SMILES string of the molecule is COc1ccc(Cc2nnc(NC(=O)CCCS(=O)(=O)c3ccccc3)o2)cc1. The van der Waals surface area contributed by atoms with Crippen LogP contribution in [0.2, 0.25) is 0 Å². The fraction of sp³-hybridized carbons (Fsp3) is 0.250. The lowest BCUT2D eigenvalue weighted by Gasteiger charge is -2.04. The molecule has 1 N–H and O–H groups in total. The number of rotatable bonds is 9. The maximum atomic E-state index is 12.2. The summed E-state index contributed by atoms with van der Waals surface area (Å²) in [5.74, 6) is 0.614. The van der Waals surface area contributed by atoms with Gasteiger partial charge in [0, 0.05) is 6.42 Å². The van der Waals surface area contributed by atoms with Crippen LogP contribution in [0.15, 0.2) is 63.9 Å². The fourth-order valence-electron chi connectivity index (χ4n) is 2.64. The first-order chi connectivity index (χ1) is 14.0. The molecule has 152 valence electrons. The van der Waals surface area contributed by atoms with E-state index in [4.69, 9.17) is 9.15 Å². The maximum Gasteiger partial charge on any atom is 0.322 e. The van der Waals surface area contributed by atoms with Gasteiger partial charge in [-0.15, -0.1) is 5.10 Å². The van der Waals surface area contributed by atoms with Crippen molar-refractivity contribution < 1.29 is 22.4 Å². The van der Waals surface area contributed by atoms with Gasteiger partial charge in [-0.05, 0) is 36.2 Å². The second-order valence-electron chi connectivity index (χ2n) is 6.31. The van der Waals surface area contributed by atoms with Crippen molar-refractivity contribution in [3.8, 4) is 5.75 Å². The molecule has 0 saturated carbocycles. The monoisotopic (exact) mass is 415 g/mol. The van der Waals surface area contributed by atoms with Crippen LogP contribution in [0.1, 0.15) is 24.3 Å². The van der Waals surface area contributed by atoms with Crippen LogP contribution < -0.4 is 10.1 Å². The molecule has 1 heterocycles. The van der Waals surface area contributed by atoms with E-state index < -0.39 is 9.84 Å². The smallest absolute Gasteiger partial charge is 0.322 e. The molecule has 0 bridgehead atoms. The second-order valence-corrected chi connectivity index (χ2v) is 8.42. The zero-order valence-electron chi connectivity index (χ0n) is 15.9. The number of methoxy groups -OCH3 is 1. The van der Waals surface area contributed by atoms with Crippen LogP contribution in [0.5, 0.6) is 5.75 Å². The molecule has 0 saturated heterocycles. The molecule has 9 heteroatoms. The number of carbonyl (C=O) groups excluding carboxylic acids is 1. The molecule has 0 unspecified atom stereocenters. The van der Waals surface area contributed by atoms with Gasteiger partial charge >= 0.3 is 6.01 Å². The van der Waals surface area contributed by atoms with Gasteiger partial charge in [0.25, 0.3) is 0 Å². The van der Waals surface area contributed by atoms with Gasteiger partial charge in [0.15, 0.2) is 9.84 Å². The minimum absolute atomic E-state index is 0.00979. The van der Waals surface area contributed by atoms with Crippen molar-refractivity contribution in [3.63, 3.8) is 0 Å². The molecule has 0 aliphatic rings. The highest BCUT2D eigenvalue weighted by Crippen LogP contribution is 2.16. The molecule has 0 fully saturated rings. The highest BCUT2D eigenvalue weighted by Gasteiger charge is 2.15. The van der Waals surface area contributed by atoms with Crippen molar-refractivity contribution >= 4 is 21.8 Å². The first-order valence-electron chi connectivity index (χ1n) is 8.99. The van der Waals surface area contributed by atoms with Gasteiger partial charge in [0.1, 0.15) is 5.75 Å². The Balaban J connectivity index is 1.47. The highest BCUT2D eigenvalue weighted by molar-refractivity contribution is 7.91. The van der Waals surface area contributed by atoms with Gasteiger partial charge in [0.2, 0.25) is 11.8 Å². The Morgan fingerprint density at radius 3 is 2.48 bits per heavy atom. The number of benzene rings is 2. The summed E-state index contributed by atoms with van der Waals surface area (Å²) in [7, 11) is -1.81. The van der Waals surface area contributed by atoms with Crippen molar-refractivity contribution in [1.29, 1.82) is 0 Å². The Morgan fingerprint density at radius 1 is 1.07 bits per heavy atom. The Morgan fingerprint density at radius 2 is 1.79 bits per heavy atom. The van der Waals surface area contributed by atoms with Crippen LogP contribution in [-0.2, 0) is 21.1 Å². The molecule has 8 nitrogen and oxygen atoms in total.